The van der Waals surface area contributed by atoms with E-state index in [2.05, 4.69) is 17.3 Å². The van der Waals surface area contributed by atoms with Gasteiger partial charge in [0.2, 0.25) is 0 Å². The largest absolute Gasteiger partial charge is 1.00 e. The predicted molar refractivity (Wildman–Crippen MR) is 77.0 cm³/mol. The minimum absolute atomic E-state index is 0. The molecule has 1 saturated heterocycles. The van der Waals surface area contributed by atoms with E-state index in [4.69, 9.17) is 0 Å². The zero-order chi connectivity index (χ0) is 15.5. The average Bonchev–Trinajstić information content (AvgIpc) is 2.45. The van der Waals surface area contributed by atoms with Crippen LogP contribution >= 0.6 is 0 Å². The van der Waals surface area contributed by atoms with Crippen LogP contribution in [0.3, 0.4) is 0 Å². The van der Waals surface area contributed by atoms with E-state index in [0.29, 0.717) is 12.5 Å². The van der Waals surface area contributed by atoms with Gasteiger partial charge in [0, 0.05) is 19.6 Å². The van der Waals surface area contributed by atoms with Crippen molar-refractivity contribution in [3.05, 3.63) is 11.5 Å². The van der Waals surface area contributed by atoms with Crippen LogP contribution < -0.4 is 56.7 Å². The maximum atomic E-state index is 12.6. The molecule has 1 N–H and O–H groups in total. The van der Waals surface area contributed by atoms with E-state index in [1.807, 2.05) is 0 Å². The zero-order valence-corrected chi connectivity index (χ0v) is 16.4. The third-order valence-corrected chi connectivity index (χ3v) is 4.33. The number of rotatable bonds is 3. The maximum absolute atomic E-state index is 12.6. The first-order chi connectivity index (χ1) is 9.86. The number of urea groups is 1. The summed E-state index contributed by atoms with van der Waals surface area (Å²) in [7, 11) is 2.08. The summed E-state index contributed by atoms with van der Waals surface area (Å²) in [5.74, 6) is 0.472. The summed E-state index contributed by atoms with van der Waals surface area (Å²) in [4.78, 5) is 15.7. The summed E-state index contributed by atoms with van der Waals surface area (Å²) in [5.41, 5.74) is -0.464. The standard InChI is InChI=1S/C13H22BF3N3O.K/c1-19-6-2-11(3-7-19)10-18-13(21)20-8-4-12(5-9-20)14(15,16)17;/h4,11H,2-3,5-10H2,1H3,(H,18,21);/q-1;+1. The maximum Gasteiger partial charge on any atom is 1.00 e. The van der Waals surface area contributed by atoms with Gasteiger partial charge < -0.3 is 28.1 Å². The van der Waals surface area contributed by atoms with E-state index >= 15 is 0 Å². The second-order valence-corrected chi connectivity index (χ2v) is 5.98. The van der Waals surface area contributed by atoms with Gasteiger partial charge in [-0.15, -0.1) is 5.47 Å². The molecule has 0 radical (unpaired) electrons. The molecular formula is C13H22BF3KN3O. The molecule has 0 aromatic carbocycles. The molecule has 0 atom stereocenters. The second kappa shape index (κ2) is 9.08. The molecule has 0 spiro atoms. The Morgan fingerprint density at radius 3 is 2.45 bits per heavy atom. The van der Waals surface area contributed by atoms with E-state index in [9.17, 15) is 17.7 Å². The molecule has 0 saturated carbocycles. The molecule has 0 bridgehead atoms. The van der Waals surface area contributed by atoms with Crippen LogP contribution in [0.4, 0.5) is 17.7 Å². The zero-order valence-electron chi connectivity index (χ0n) is 13.3. The fourth-order valence-corrected chi connectivity index (χ4v) is 2.78. The van der Waals surface area contributed by atoms with Crippen molar-refractivity contribution < 1.29 is 69.1 Å². The van der Waals surface area contributed by atoms with Crippen molar-refractivity contribution >= 4 is 13.0 Å². The Morgan fingerprint density at radius 1 is 1.32 bits per heavy atom. The van der Waals surface area contributed by atoms with Gasteiger partial charge in [0.1, 0.15) is 0 Å². The number of nitrogens with one attached hydrogen (secondary N) is 1. The van der Waals surface area contributed by atoms with Crippen LogP contribution in [0.5, 0.6) is 0 Å². The van der Waals surface area contributed by atoms with Gasteiger partial charge in [-0.2, -0.15) is 0 Å². The minimum Gasteiger partial charge on any atom is -0.445 e. The Labute approximate surface area is 172 Å². The molecule has 0 aromatic heterocycles. The normalized spacial score (nSPS) is 21.1. The SMILES string of the molecule is CN1CCC(CNC(=O)N2CC=C([B-](F)(F)F)CC2)CC1.[K+]. The quantitative estimate of drug-likeness (QED) is 0.672. The number of hydrogen-bond acceptors (Lipinski definition) is 2. The summed E-state index contributed by atoms with van der Waals surface area (Å²) >= 11 is 0. The molecule has 9 heteroatoms. The van der Waals surface area contributed by atoms with Crippen molar-refractivity contribution in [3.63, 3.8) is 0 Å². The van der Waals surface area contributed by atoms with Crippen molar-refractivity contribution in [1.82, 2.24) is 15.1 Å². The number of nitrogens with zero attached hydrogens (tertiary/aromatic N) is 2. The van der Waals surface area contributed by atoms with Crippen molar-refractivity contribution in [2.75, 3.05) is 39.8 Å². The molecule has 2 rings (SSSR count). The van der Waals surface area contributed by atoms with Gasteiger partial charge in [0.25, 0.3) is 0 Å². The van der Waals surface area contributed by atoms with Crippen LogP contribution in [0.15, 0.2) is 11.5 Å². The van der Waals surface area contributed by atoms with E-state index in [1.165, 1.54) is 4.90 Å². The van der Waals surface area contributed by atoms with Crippen molar-refractivity contribution in [1.29, 1.82) is 0 Å². The molecular weight excluding hydrogens is 321 g/mol. The number of hydrogen-bond donors (Lipinski definition) is 1. The van der Waals surface area contributed by atoms with E-state index in [-0.39, 0.29) is 76.9 Å². The Kier molecular flexibility index (Phi) is 8.46. The molecule has 2 aliphatic rings. The predicted octanol–water partition coefficient (Wildman–Crippen LogP) is -0.939. The Balaban J connectivity index is 0.00000242. The fourth-order valence-electron chi connectivity index (χ4n) is 2.78. The summed E-state index contributed by atoms with van der Waals surface area (Å²) in [6.45, 7) is -2.03. The minimum atomic E-state index is -4.90. The molecule has 22 heavy (non-hydrogen) atoms. The number of likely N-dealkylation sites (tertiary alicyclic amines) is 1. The number of carbonyl (C=O) groups excluding carboxylic acids is 1. The van der Waals surface area contributed by atoms with Gasteiger partial charge in [-0.3, -0.25) is 0 Å². The number of carbonyl (C=O) groups is 1. The molecule has 2 aliphatic heterocycles. The van der Waals surface area contributed by atoms with Gasteiger partial charge >= 0.3 is 64.4 Å². The first-order valence-electron chi connectivity index (χ1n) is 7.46. The van der Waals surface area contributed by atoms with Gasteiger partial charge in [0.15, 0.2) is 0 Å². The first-order valence-corrected chi connectivity index (χ1v) is 7.46. The molecule has 4 nitrogen and oxygen atoms in total. The third-order valence-electron chi connectivity index (χ3n) is 4.33. The van der Waals surface area contributed by atoms with Gasteiger partial charge in [-0.05, 0) is 45.3 Å². The number of piperidine rings is 1. The van der Waals surface area contributed by atoms with E-state index in [1.54, 1.807) is 0 Å². The molecule has 0 aromatic rings. The van der Waals surface area contributed by atoms with Crippen LogP contribution in [0.2, 0.25) is 0 Å². The van der Waals surface area contributed by atoms with Gasteiger partial charge in [-0.1, -0.05) is 6.08 Å². The fraction of sp³-hybridized carbons (Fsp3) is 0.769. The van der Waals surface area contributed by atoms with Gasteiger partial charge in [0.05, 0.1) is 0 Å². The van der Waals surface area contributed by atoms with E-state index < -0.39 is 12.4 Å². The molecule has 0 aliphatic carbocycles. The summed E-state index contributed by atoms with van der Waals surface area (Å²) in [5, 5.41) is 2.85. The van der Waals surface area contributed by atoms with Crippen LogP contribution in [-0.4, -0.2) is 62.6 Å². The Bertz CT molecular complexity index is 412. The Hall–Kier alpha value is 0.461. The van der Waals surface area contributed by atoms with Crippen molar-refractivity contribution in [2.24, 2.45) is 5.92 Å². The third kappa shape index (κ3) is 6.16. The van der Waals surface area contributed by atoms with Crippen molar-refractivity contribution in [3.8, 4) is 0 Å². The molecule has 120 valence electrons. The second-order valence-electron chi connectivity index (χ2n) is 5.98. The number of halogens is 3. The van der Waals surface area contributed by atoms with Crippen LogP contribution in [0.25, 0.3) is 0 Å². The summed E-state index contributed by atoms with van der Waals surface area (Å²) in [6.07, 6.45) is 3.15. The molecule has 2 amide bonds. The van der Waals surface area contributed by atoms with Crippen LogP contribution in [0, 0.1) is 5.92 Å². The molecule has 2 heterocycles. The summed E-state index contributed by atoms with van der Waals surface area (Å²) < 4.78 is 37.7. The first kappa shape index (κ1) is 20.5. The van der Waals surface area contributed by atoms with Gasteiger partial charge in [-0.25, -0.2) is 4.79 Å². The summed E-state index contributed by atoms with van der Waals surface area (Å²) in [6, 6.07) is -0.251. The number of amides is 2. The van der Waals surface area contributed by atoms with Crippen LogP contribution in [0.1, 0.15) is 19.3 Å². The monoisotopic (exact) mass is 343 g/mol. The molecule has 0 unspecified atom stereocenters. The Morgan fingerprint density at radius 2 is 1.95 bits per heavy atom. The van der Waals surface area contributed by atoms with Crippen LogP contribution in [-0.2, 0) is 0 Å². The average molecular weight is 343 g/mol. The smallest absolute Gasteiger partial charge is 0.445 e. The molecule has 1 fully saturated rings. The van der Waals surface area contributed by atoms with E-state index in [0.717, 1.165) is 32.0 Å². The topological polar surface area (TPSA) is 35.6 Å². The van der Waals surface area contributed by atoms with Crippen molar-refractivity contribution in [2.45, 2.75) is 19.3 Å².